The number of aromatic nitrogens is 2. The summed E-state index contributed by atoms with van der Waals surface area (Å²) in [7, 11) is 1.57. The van der Waals surface area contributed by atoms with E-state index in [4.69, 9.17) is 4.74 Å². The molecule has 27 heavy (non-hydrogen) atoms. The number of methoxy groups -OCH3 is 1. The normalized spacial score (nSPS) is 10.4. The maximum absolute atomic E-state index is 12.4. The number of hydrogen-bond donors (Lipinski definition) is 1. The highest BCUT2D eigenvalue weighted by Gasteiger charge is 2.10. The summed E-state index contributed by atoms with van der Waals surface area (Å²) in [6, 6.07) is 16.4. The predicted molar refractivity (Wildman–Crippen MR) is 105 cm³/mol. The van der Waals surface area contributed by atoms with Crippen molar-refractivity contribution >= 4 is 11.6 Å². The molecule has 0 fully saturated rings. The number of amides is 1. The van der Waals surface area contributed by atoms with Crippen LogP contribution in [0.2, 0.25) is 0 Å². The van der Waals surface area contributed by atoms with Crippen LogP contribution in [0.1, 0.15) is 12.5 Å². The van der Waals surface area contributed by atoms with Crippen LogP contribution >= 0.6 is 0 Å². The van der Waals surface area contributed by atoms with E-state index in [1.807, 2.05) is 42.5 Å². The van der Waals surface area contributed by atoms with Gasteiger partial charge in [-0.15, -0.1) is 0 Å². The minimum Gasteiger partial charge on any atom is -0.496 e. The Morgan fingerprint density at radius 3 is 2.56 bits per heavy atom. The highest BCUT2D eigenvalue weighted by Crippen LogP contribution is 2.26. The zero-order valence-corrected chi connectivity index (χ0v) is 15.3. The molecule has 0 aliphatic heterocycles. The lowest BCUT2D eigenvalue weighted by Gasteiger charge is -2.10. The van der Waals surface area contributed by atoms with E-state index in [1.54, 1.807) is 13.2 Å². The van der Waals surface area contributed by atoms with Crippen LogP contribution in [0, 0.1) is 0 Å². The van der Waals surface area contributed by atoms with Crippen molar-refractivity contribution in [2.45, 2.75) is 19.9 Å². The van der Waals surface area contributed by atoms with Crippen molar-refractivity contribution < 1.29 is 9.53 Å². The van der Waals surface area contributed by atoms with Crippen molar-refractivity contribution in [3.63, 3.8) is 0 Å². The fourth-order valence-corrected chi connectivity index (χ4v) is 2.73. The number of carbonyl (C=O) groups excluding carboxylic acids is 1. The van der Waals surface area contributed by atoms with E-state index in [9.17, 15) is 9.59 Å². The molecule has 0 radical (unpaired) electrons. The summed E-state index contributed by atoms with van der Waals surface area (Å²) in [5.41, 5.74) is 2.82. The standard InChI is InChI=1S/C21H21N3O3/c1-3-15-8-10-16(11-9-15)23-20(25)13-24-14-22-18(12-21(24)26)17-6-4-5-7-19(17)27-2/h4-12,14H,3,13H2,1-2H3,(H,23,25). The largest absolute Gasteiger partial charge is 0.496 e. The first kappa shape index (κ1) is 18.4. The Balaban J connectivity index is 1.74. The topological polar surface area (TPSA) is 73.2 Å². The molecule has 1 N–H and O–H groups in total. The van der Waals surface area contributed by atoms with Crippen LogP contribution in [-0.4, -0.2) is 22.6 Å². The lowest BCUT2D eigenvalue weighted by molar-refractivity contribution is -0.116. The van der Waals surface area contributed by atoms with Gasteiger partial charge in [-0.3, -0.25) is 14.2 Å². The molecule has 3 rings (SSSR count). The maximum atomic E-state index is 12.4. The number of ether oxygens (including phenoxy) is 1. The van der Waals surface area contributed by atoms with Gasteiger partial charge in [0.05, 0.1) is 19.1 Å². The molecule has 1 amide bonds. The second kappa shape index (κ2) is 8.31. The summed E-state index contributed by atoms with van der Waals surface area (Å²) >= 11 is 0. The van der Waals surface area contributed by atoms with Crippen molar-refractivity contribution in [2.75, 3.05) is 12.4 Å². The summed E-state index contributed by atoms with van der Waals surface area (Å²) in [5, 5.41) is 2.79. The molecule has 6 heteroatoms. The van der Waals surface area contributed by atoms with Gasteiger partial charge in [0.25, 0.3) is 5.56 Å². The molecule has 1 aromatic heterocycles. The van der Waals surface area contributed by atoms with E-state index < -0.39 is 0 Å². The van der Waals surface area contributed by atoms with Crippen molar-refractivity contribution in [1.82, 2.24) is 9.55 Å². The van der Waals surface area contributed by atoms with Crippen LogP contribution in [0.4, 0.5) is 5.69 Å². The monoisotopic (exact) mass is 363 g/mol. The van der Waals surface area contributed by atoms with E-state index in [0.29, 0.717) is 17.1 Å². The molecular weight excluding hydrogens is 342 g/mol. The summed E-state index contributed by atoms with van der Waals surface area (Å²) < 4.78 is 6.58. The van der Waals surface area contributed by atoms with Gasteiger partial charge in [-0.05, 0) is 36.2 Å². The van der Waals surface area contributed by atoms with Gasteiger partial charge in [-0.25, -0.2) is 4.98 Å². The second-order valence-electron chi connectivity index (χ2n) is 6.04. The number of hydrogen-bond acceptors (Lipinski definition) is 4. The fourth-order valence-electron chi connectivity index (χ4n) is 2.73. The molecule has 0 atom stereocenters. The molecule has 1 heterocycles. The van der Waals surface area contributed by atoms with Crippen molar-refractivity contribution in [2.24, 2.45) is 0 Å². The molecule has 0 spiro atoms. The second-order valence-corrected chi connectivity index (χ2v) is 6.04. The van der Waals surface area contributed by atoms with Crippen LogP contribution in [0.3, 0.4) is 0 Å². The van der Waals surface area contributed by atoms with E-state index in [-0.39, 0.29) is 18.0 Å². The molecule has 0 unspecified atom stereocenters. The Morgan fingerprint density at radius 2 is 1.89 bits per heavy atom. The van der Waals surface area contributed by atoms with Crippen molar-refractivity contribution in [3.8, 4) is 17.0 Å². The third-order valence-corrected chi connectivity index (χ3v) is 4.22. The number of nitrogens with zero attached hydrogens (tertiary/aromatic N) is 2. The van der Waals surface area contributed by atoms with E-state index in [1.165, 1.54) is 22.5 Å². The van der Waals surface area contributed by atoms with Gasteiger partial charge >= 0.3 is 0 Å². The summed E-state index contributed by atoms with van der Waals surface area (Å²) in [6.45, 7) is 1.97. The molecule has 3 aromatic rings. The van der Waals surface area contributed by atoms with Crippen LogP contribution in [0.15, 0.2) is 65.7 Å². The molecule has 138 valence electrons. The molecule has 0 saturated carbocycles. The molecule has 6 nitrogen and oxygen atoms in total. The Labute approximate surface area is 157 Å². The minimum absolute atomic E-state index is 0.104. The molecule has 0 aliphatic carbocycles. The minimum atomic E-state index is -0.303. The van der Waals surface area contributed by atoms with E-state index in [0.717, 1.165) is 12.0 Å². The Bertz CT molecular complexity index is 994. The molecule has 0 aliphatic rings. The Kier molecular flexibility index (Phi) is 5.66. The van der Waals surface area contributed by atoms with Crippen LogP contribution in [0.5, 0.6) is 5.75 Å². The quantitative estimate of drug-likeness (QED) is 0.730. The Morgan fingerprint density at radius 1 is 1.15 bits per heavy atom. The number of para-hydroxylation sites is 1. The lowest BCUT2D eigenvalue weighted by atomic mass is 10.1. The van der Waals surface area contributed by atoms with Gasteiger partial charge in [-0.1, -0.05) is 31.2 Å². The summed E-state index contributed by atoms with van der Waals surface area (Å²) in [4.78, 5) is 28.9. The zero-order valence-electron chi connectivity index (χ0n) is 15.3. The van der Waals surface area contributed by atoms with Gasteiger partial charge in [0.2, 0.25) is 5.91 Å². The number of carbonyl (C=O) groups is 1. The molecule has 2 aromatic carbocycles. The number of aryl methyl sites for hydroxylation is 1. The van der Waals surface area contributed by atoms with Crippen molar-refractivity contribution in [3.05, 3.63) is 76.8 Å². The molecular formula is C21H21N3O3. The van der Waals surface area contributed by atoms with Gasteiger partial charge in [0, 0.05) is 17.3 Å². The van der Waals surface area contributed by atoms with Gasteiger partial charge < -0.3 is 10.1 Å². The number of nitrogens with one attached hydrogen (secondary N) is 1. The first-order valence-electron chi connectivity index (χ1n) is 8.69. The molecule has 0 bridgehead atoms. The highest BCUT2D eigenvalue weighted by atomic mass is 16.5. The highest BCUT2D eigenvalue weighted by molar-refractivity contribution is 5.90. The van der Waals surface area contributed by atoms with Gasteiger partial charge in [-0.2, -0.15) is 0 Å². The fraction of sp³-hybridized carbons (Fsp3) is 0.190. The van der Waals surface area contributed by atoms with Crippen LogP contribution < -0.4 is 15.6 Å². The molecule has 0 saturated heterocycles. The maximum Gasteiger partial charge on any atom is 0.254 e. The predicted octanol–water partition coefficient (Wildman–Crippen LogP) is 3.12. The third kappa shape index (κ3) is 4.41. The van der Waals surface area contributed by atoms with Gasteiger partial charge in [0.15, 0.2) is 0 Å². The first-order valence-corrected chi connectivity index (χ1v) is 8.69. The van der Waals surface area contributed by atoms with E-state index >= 15 is 0 Å². The zero-order chi connectivity index (χ0) is 19.2. The number of rotatable bonds is 6. The smallest absolute Gasteiger partial charge is 0.254 e. The first-order chi connectivity index (χ1) is 13.1. The number of anilines is 1. The van der Waals surface area contributed by atoms with Crippen LogP contribution in [0.25, 0.3) is 11.3 Å². The SMILES string of the molecule is CCc1ccc(NC(=O)Cn2cnc(-c3ccccc3OC)cc2=O)cc1. The summed E-state index contributed by atoms with van der Waals surface area (Å²) in [6.07, 6.45) is 2.32. The average molecular weight is 363 g/mol. The van der Waals surface area contributed by atoms with E-state index in [2.05, 4.69) is 17.2 Å². The Hall–Kier alpha value is -3.41. The third-order valence-electron chi connectivity index (χ3n) is 4.22. The summed E-state index contributed by atoms with van der Waals surface area (Å²) in [5.74, 6) is 0.351. The van der Waals surface area contributed by atoms with Gasteiger partial charge in [0.1, 0.15) is 12.3 Å². The average Bonchev–Trinajstić information content (AvgIpc) is 2.70. The van der Waals surface area contributed by atoms with Crippen LogP contribution in [-0.2, 0) is 17.8 Å². The lowest BCUT2D eigenvalue weighted by Crippen LogP contribution is -2.27. The van der Waals surface area contributed by atoms with Crippen molar-refractivity contribution in [1.29, 1.82) is 0 Å². The number of benzene rings is 2.